The van der Waals surface area contributed by atoms with E-state index in [9.17, 15) is 4.79 Å². The van der Waals surface area contributed by atoms with Gasteiger partial charge >= 0.3 is 0 Å². The molecule has 3 aromatic carbocycles. The van der Waals surface area contributed by atoms with E-state index in [2.05, 4.69) is 78.2 Å². The van der Waals surface area contributed by atoms with E-state index in [0.717, 1.165) is 87.1 Å². The maximum absolute atomic E-state index is 13.0. The molecule has 0 N–H and O–H groups in total. The number of rotatable bonds is 9. The van der Waals surface area contributed by atoms with Crippen molar-refractivity contribution in [1.82, 2.24) is 14.8 Å². The zero-order valence-electron chi connectivity index (χ0n) is 25.1. The predicted molar refractivity (Wildman–Crippen MR) is 168 cm³/mol. The van der Waals surface area contributed by atoms with Gasteiger partial charge in [-0.3, -0.25) is 9.69 Å². The van der Waals surface area contributed by atoms with E-state index in [1.165, 1.54) is 41.1 Å². The SMILES string of the molecule is Cc1oc(-c2c3ccccc3cc3ccccc23)nc1CN1CCC(C(=O)CCCCN2C[C@H](C)C[C@H](C)C2)CC1. The molecular weight excluding hydrogens is 506 g/mol. The van der Waals surface area contributed by atoms with Crippen LogP contribution in [0.2, 0.25) is 0 Å². The molecule has 0 radical (unpaired) electrons. The fourth-order valence-electron chi connectivity index (χ4n) is 7.36. The van der Waals surface area contributed by atoms with Gasteiger partial charge in [-0.05, 0) is 98.1 Å². The van der Waals surface area contributed by atoms with E-state index < -0.39 is 0 Å². The molecule has 0 aliphatic carbocycles. The van der Waals surface area contributed by atoms with E-state index in [1.807, 2.05) is 6.92 Å². The predicted octanol–water partition coefficient (Wildman–Crippen LogP) is 7.89. The van der Waals surface area contributed by atoms with Crippen LogP contribution in [0.5, 0.6) is 0 Å². The van der Waals surface area contributed by atoms with Crippen molar-refractivity contribution < 1.29 is 9.21 Å². The van der Waals surface area contributed by atoms with E-state index in [-0.39, 0.29) is 5.92 Å². The Hall–Kier alpha value is -3.02. The summed E-state index contributed by atoms with van der Waals surface area (Å²) >= 11 is 0. The van der Waals surface area contributed by atoms with Gasteiger partial charge in [-0.25, -0.2) is 4.98 Å². The normalized spacial score (nSPS) is 21.1. The van der Waals surface area contributed by atoms with E-state index in [4.69, 9.17) is 9.40 Å². The summed E-state index contributed by atoms with van der Waals surface area (Å²) in [7, 11) is 0. The van der Waals surface area contributed by atoms with Crippen molar-refractivity contribution in [3.8, 4) is 11.5 Å². The van der Waals surface area contributed by atoms with Gasteiger partial charge in [0, 0.05) is 32.0 Å². The number of benzene rings is 3. The van der Waals surface area contributed by atoms with Crippen LogP contribution in [0.1, 0.15) is 63.8 Å². The molecule has 0 saturated carbocycles. The first-order valence-electron chi connectivity index (χ1n) is 15.8. The highest BCUT2D eigenvalue weighted by Crippen LogP contribution is 2.37. The second-order valence-corrected chi connectivity index (χ2v) is 12.9. The van der Waals surface area contributed by atoms with Crippen LogP contribution in [0.15, 0.2) is 59.0 Å². The van der Waals surface area contributed by atoms with Crippen molar-refractivity contribution in [2.45, 2.75) is 65.8 Å². The summed E-state index contributed by atoms with van der Waals surface area (Å²) in [5.74, 6) is 3.88. The van der Waals surface area contributed by atoms with Crippen LogP contribution >= 0.6 is 0 Å². The van der Waals surface area contributed by atoms with E-state index in [1.54, 1.807) is 0 Å². The highest BCUT2D eigenvalue weighted by atomic mass is 16.4. The van der Waals surface area contributed by atoms with Crippen LogP contribution in [0.3, 0.4) is 0 Å². The summed E-state index contributed by atoms with van der Waals surface area (Å²) in [6.45, 7) is 13.0. The summed E-state index contributed by atoms with van der Waals surface area (Å²) in [4.78, 5) is 23.1. The monoisotopic (exact) mass is 551 g/mol. The number of hydrogen-bond donors (Lipinski definition) is 0. The number of aromatic nitrogens is 1. The second-order valence-electron chi connectivity index (χ2n) is 12.9. The highest BCUT2D eigenvalue weighted by molar-refractivity contribution is 6.11. The molecule has 6 rings (SSSR count). The lowest BCUT2D eigenvalue weighted by Crippen LogP contribution is -2.39. The third kappa shape index (κ3) is 6.42. The number of carbonyl (C=O) groups excluding carboxylic acids is 1. The Bertz CT molecular complexity index is 1440. The maximum atomic E-state index is 13.0. The maximum Gasteiger partial charge on any atom is 0.227 e. The Morgan fingerprint density at radius 2 is 1.54 bits per heavy atom. The van der Waals surface area contributed by atoms with Crippen molar-refractivity contribution >= 4 is 27.3 Å². The van der Waals surface area contributed by atoms with Crippen molar-refractivity contribution in [3.63, 3.8) is 0 Å². The number of hydrogen-bond acceptors (Lipinski definition) is 5. The highest BCUT2D eigenvalue weighted by Gasteiger charge is 2.27. The number of aryl methyl sites for hydroxylation is 1. The lowest BCUT2D eigenvalue weighted by Gasteiger charge is -2.35. The summed E-state index contributed by atoms with van der Waals surface area (Å²) in [6, 6.07) is 19.2. The van der Waals surface area contributed by atoms with Gasteiger partial charge in [-0.2, -0.15) is 0 Å². The molecule has 41 heavy (non-hydrogen) atoms. The van der Waals surface area contributed by atoms with Gasteiger partial charge in [0.05, 0.1) is 11.3 Å². The number of likely N-dealkylation sites (tertiary alicyclic amines) is 2. The second kappa shape index (κ2) is 12.5. The molecule has 0 unspecified atom stereocenters. The average Bonchev–Trinajstić information content (AvgIpc) is 3.32. The molecule has 5 nitrogen and oxygen atoms in total. The zero-order chi connectivity index (χ0) is 28.3. The Morgan fingerprint density at radius 1 is 0.902 bits per heavy atom. The van der Waals surface area contributed by atoms with Gasteiger partial charge in [0.15, 0.2) is 0 Å². The van der Waals surface area contributed by atoms with Crippen LogP contribution in [-0.4, -0.2) is 53.3 Å². The molecule has 3 heterocycles. The molecule has 2 atom stereocenters. The molecule has 0 amide bonds. The number of piperidine rings is 2. The molecular formula is C36H45N3O2. The van der Waals surface area contributed by atoms with Crippen LogP contribution in [0.25, 0.3) is 33.0 Å². The Labute approximate surface area is 244 Å². The third-order valence-electron chi connectivity index (χ3n) is 9.39. The molecule has 4 aromatic rings. The quantitative estimate of drug-likeness (QED) is 0.156. The van der Waals surface area contributed by atoms with Crippen molar-refractivity contribution in [3.05, 3.63) is 66.1 Å². The molecule has 2 saturated heterocycles. The molecule has 2 aliphatic rings. The molecule has 216 valence electrons. The molecule has 5 heteroatoms. The first-order valence-corrected chi connectivity index (χ1v) is 15.8. The molecule has 0 bridgehead atoms. The summed E-state index contributed by atoms with van der Waals surface area (Å²) in [5, 5.41) is 4.72. The van der Waals surface area contributed by atoms with E-state index >= 15 is 0 Å². The summed E-state index contributed by atoms with van der Waals surface area (Å²) in [5.41, 5.74) is 2.07. The molecule has 0 spiro atoms. The minimum Gasteiger partial charge on any atom is -0.441 e. The fourth-order valence-corrected chi connectivity index (χ4v) is 7.36. The van der Waals surface area contributed by atoms with Crippen LogP contribution in [-0.2, 0) is 11.3 Å². The van der Waals surface area contributed by atoms with Crippen LogP contribution < -0.4 is 0 Å². The van der Waals surface area contributed by atoms with Gasteiger partial charge in [0.1, 0.15) is 11.5 Å². The van der Waals surface area contributed by atoms with Gasteiger partial charge in [0.25, 0.3) is 0 Å². The summed E-state index contributed by atoms with van der Waals surface area (Å²) < 4.78 is 6.33. The largest absolute Gasteiger partial charge is 0.441 e. The lowest BCUT2D eigenvalue weighted by molar-refractivity contribution is -0.124. The van der Waals surface area contributed by atoms with Crippen molar-refractivity contribution in [2.24, 2.45) is 17.8 Å². The minimum atomic E-state index is 0.220. The van der Waals surface area contributed by atoms with Crippen LogP contribution in [0, 0.1) is 24.7 Å². The number of carbonyl (C=O) groups is 1. The molecule has 1 aromatic heterocycles. The fraction of sp³-hybridized carbons (Fsp3) is 0.500. The third-order valence-corrected chi connectivity index (χ3v) is 9.39. The standard InChI is InChI=1S/C36H45N3O2/c1-25-20-26(2)23-39(22-25)17-9-8-14-34(40)28-15-18-38(19-16-28)24-33-27(3)41-36(37-33)35-31-12-6-4-10-29(31)21-30-11-5-7-13-32(30)35/h4-7,10-13,21,25-26,28H,8-9,14-20,22-24H2,1-3H3/t25-,26+. The zero-order valence-corrected chi connectivity index (χ0v) is 25.1. The van der Waals surface area contributed by atoms with Gasteiger partial charge in [-0.1, -0.05) is 62.4 Å². The first-order chi connectivity index (χ1) is 19.9. The number of Topliss-reactive ketones (excluding diaryl/α,β-unsaturated/α-hetero) is 1. The average molecular weight is 552 g/mol. The number of ketones is 1. The molecule has 2 fully saturated rings. The van der Waals surface area contributed by atoms with Gasteiger partial charge in [-0.15, -0.1) is 0 Å². The van der Waals surface area contributed by atoms with Gasteiger partial charge in [0.2, 0.25) is 5.89 Å². The number of oxazole rings is 1. The van der Waals surface area contributed by atoms with Crippen molar-refractivity contribution in [2.75, 3.05) is 32.7 Å². The Morgan fingerprint density at radius 3 is 2.20 bits per heavy atom. The Balaban J connectivity index is 1.04. The van der Waals surface area contributed by atoms with Gasteiger partial charge < -0.3 is 9.32 Å². The van der Waals surface area contributed by atoms with Crippen LogP contribution in [0.4, 0.5) is 0 Å². The number of nitrogens with zero attached hydrogens (tertiary/aromatic N) is 3. The topological polar surface area (TPSA) is 49.6 Å². The smallest absolute Gasteiger partial charge is 0.227 e. The Kier molecular flexibility index (Phi) is 8.55. The number of fused-ring (bicyclic) bond motifs is 2. The lowest BCUT2D eigenvalue weighted by atomic mass is 9.89. The first kappa shape index (κ1) is 28.1. The molecule has 2 aliphatic heterocycles. The number of unbranched alkanes of at least 4 members (excludes halogenated alkanes) is 1. The van der Waals surface area contributed by atoms with E-state index in [0.29, 0.717) is 11.7 Å². The summed E-state index contributed by atoms with van der Waals surface area (Å²) in [6.07, 6.45) is 6.18. The van der Waals surface area contributed by atoms with Crippen molar-refractivity contribution in [1.29, 1.82) is 0 Å². The minimum absolute atomic E-state index is 0.220.